The number of carbonyl (C=O) groups excluding carboxylic acids is 1. The van der Waals surface area contributed by atoms with Crippen LogP contribution in [0, 0.1) is 0 Å². The zero-order valence-electron chi connectivity index (χ0n) is 11.2. The molecular formula is C15H13BrN2O3. The number of phenols is 1. The highest BCUT2D eigenvalue weighted by Gasteiger charge is 2.10. The van der Waals surface area contributed by atoms with Crippen molar-refractivity contribution in [1.82, 2.24) is 5.43 Å². The second kappa shape index (κ2) is 6.90. The van der Waals surface area contributed by atoms with Crippen LogP contribution in [0.25, 0.3) is 0 Å². The largest absolute Gasteiger partial charge is 0.507 e. The van der Waals surface area contributed by atoms with E-state index >= 15 is 0 Å². The van der Waals surface area contributed by atoms with Crippen LogP contribution in [0.5, 0.6) is 11.5 Å². The number of hydrogen-bond donors (Lipinski definition) is 2. The number of nitrogens with one attached hydrogen (secondary N) is 1. The number of aromatic hydroxyl groups is 1. The fourth-order valence-corrected chi connectivity index (χ4v) is 2.04. The monoisotopic (exact) mass is 348 g/mol. The molecule has 2 aromatic carbocycles. The lowest BCUT2D eigenvalue weighted by Crippen LogP contribution is -2.17. The maximum atomic E-state index is 11.9. The molecule has 0 heterocycles. The lowest BCUT2D eigenvalue weighted by atomic mass is 10.2. The smallest absolute Gasteiger partial charge is 0.275 e. The van der Waals surface area contributed by atoms with Crippen molar-refractivity contribution < 1.29 is 14.6 Å². The highest BCUT2D eigenvalue weighted by molar-refractivity contribution is 9.10. The number of methoxy groups -OCH3 is 1. The van der Waals surface area contributed by atoms with Gasteiger partial charge in [-0.2, -0.15) is 5.10 Å². The highest BCUT2D eigenvalue weighted by Crippen LogP contribution is 2.21. The van der Waals surface area contributed by atoms with E-state index in [2.05, 4.69) is 26.5 Å². The minimum atomic E-state index is -0.500. The highest BCUT2D eigenvalue weighted by atomic mass is 79.9. The first-order chi connectivity index (χ1) is 10.1. The van der Waals surface area contributed by atoms with Crippen LogP contribution in [0.3, 0.4) is 0 Å². The van der Waals surface area contributed by atoms with Crippen molar-refractivity contribution in [3.05, 3.63) is 58.1 Å². The van der Waals surface area contributed by atoms with E-state index in [1.807, 2.05) is 18.2 Å². The number of carbonyl (C=O) groups is 1. The Labute approximate surface area is 130 Å². The molecule has 0 aliphatic carbocycles. The molecule has 0 bridgehead atoms. The minimum Gasteiger partial charge on any atom is -0.507 e. The lowest BCUT2D eigenvalue weighted by molar-refractivity contribution is 0.0952. The molecule has 0 radical (unpaired) electrons. The van der Waals surface area contributed by atoms with E-state index in [1.54, 1.807) is 19.2 Å². The zero-order valence-corrected chi connectivity index (χ0v) is 12.8. The maximum Gasteiger partial charge on any atom is 0.275 e. The van der Waals surface area contributed by atoms with Gasteiger partial charge in [-0.1, -0.05) is 28.1 Å². The molecule has 0 aromatic heterocycles. The van der Waals surface area contributed by atoms with Crippen LogP contribution >= 0.6 is 15.9 Å². The molecule has 6 heteroatoms. The second-order valence-corrected chi connectivity index (χ2v) is 5.02. The van der Waals surface area contributed by atoms with Crippen LogP contribution in [0.4, 0.5) is 0 Å². The van der Waals surface area contributed by atoms with Crippen LogP contribution in [0.2, 0.25) is 0 Å². The summed E-state index contributed by atoms with van der Waals surface area (Å²) >= 11 is 3.24. The van der Waals surface area contributed by atoms with E-state index in [1.165, 1.54) is 18.3 Å². The minimum absolute atomic E-state index is 0.108. The first kappa shape index (κ1) is 15.1. The quantitative estimate of drug-likeness (QED) is 0.659. The summed E-state index contributed by atoms with van der Waals surface area (Å²) in [4.78, 5) is 11.9. The Morgan fingerprint density at radius 2 is 2.10 bits per heavy atom. The number of benzene rings is 2. The van der Waals surface area contributed by atoms with Crippen LogP contribution in [-0.2, 0) is 0 Å². The van der Waals surface area contributed by atoms with Gasteiger partial charge in [-0.05, 0) is 30.3 Å². The summed E-state index contributed by atoms with van der Waals surface area (Å²) in [5, 5.41) is 13.5. The Morgan fingerprint density at radius 1 is 1.33 bits per heavy atom. The van der Waals surface area contributed by atoms with Gasteiger partial charge in [0, 0.05) is 10.0 Å². The number of amides is 1. The van der Waals surface area contributed by atoms with E-state index < -0.39 is 5.91 Å². The molecular weight excluding hydrogens is 336 g/mol. The molecule has 21 heavy (non-hydrogen) atoms. The SMILES string of the molecule is COc1ccccc1/C=N\NC(=O)c1cc(Br)ccc1O. The molecule has 0 saturated heterocycles. The number of rotatable bonds is 4. The molecule has 0 atom stereocenters. The summed E-state index contributed by atoms with van der Waals surface area (Å²) in [7, 11) is 1.56. The fourth-order valence-electron chi connectivity index (χ4n) is 1.68. The number of ether oxygens (including phenoxy) is 1. The van der Waals surface area contributed by atoms with Gasteiger partial charge >= 0.3 is 0 Å². The van der Waals surface area contributed by atoms with Gasteiger partial charge < -0.3 is 9.84 Å². The summed E-state index contributed by atoms with van der Waals surface area (Å²) in [6, 6.07) is 11.9. The third-order valence-corrected chi connectivity index (χ3v) is 3.21. The van der Waals surface area contributed by atoms with Crippen molar-refractivity contribution in [2.75, 3.05) is 7.11 Å². The lowest BCUT2D eigenvalue weighted by Gasteiger charge is -2.04. The molecule has 2 rings (SSSR count). The van der Waals surface area contributed by atoms with E-state index in [0.29, 0.717) is 10.2 Å². The molecule has 108 valence electrons. The summed E-state index contributed by atoms with van der Waals surface area (Å²) in [5.74, 6) is 0.0453. The van der Waals surface area contributed by atoms with Gasteiger partial charge in [0.2, 0.25) is 0 Å². The normalized spacial score (nSPS) is 10.6. The third-order valence-electron chi connectivity index (χ3n) is 2.71. The Balaban J connectivity index is 2.10. The molecule has 2 aromatic rings. The number of phenolic OH excluding ortho intramolecular Hbond substituents is 1. The summed E-state index contributed by atoms with van der Waals surface area (Å²) < 4.78 is 5.87. The molecule has 2 N–H and O–H groups in total. The van der Waals surface area contributed by atoms with E-state index in [9.17, 15) is 9.90 Å². The van der Waals surface area contributed by atoms with E-state index in [4.69, 9.17) is 4.74 Å². The van der Waals surface area contributed by atoms with E-state index in [-0.39, 0.29) is 11.3 Å². The Hall–Kier alpha value is -2.34. The van der Waals surface area contributed by atoms with Gasteiger partial charge in [0.1, 0.15) is 11.5 Å². The Morgan fingerprint density at radius 3 is 2.86 bits per heavy atom. The number of hydrogen-bond acceptors (Lipinski definition) is 4. The number of halogens is 1. The van der Waals surface area contributed by atoms with Crippen molar-refractivity contribution in [3.63, 3.8) is 0 Å². The first-order valence-electron chi connectivity index (χ1n) is 6.06. The molecule has 0 fully saturated rings. The van der Waals surface area contributed by atoms with Gasteiger partial charge in [-0.3, -0.25) is 4.79 Å². The molecule has 0 spiro atoms. The van der Waals surface area contributed by atoms with Crippen LogP contribution < -0.4 is 10.2 Å². The Kier molecular flexibility index (Phi) is 4.94. The molecule has 0 aliphatic rings. The topological polar surface area (TPSA) is 70.9 Å². The molecule has 5 nitrogen and oxygen atoms in total. The fraction of sp³-hybridized carbons (Fsp3) is 0.0667. The van der Waals surface area contributed by atoms with Gasteiger partial charge in [0.25, 0.3) is 5.91 Å². The van der Waals surface area contributed by atoms with Crippen LogP contribution in [0.15, 0.2) is 52.0 Å². The van der Waals surface area contributed by atoms with Crippen LogP contribution in [0.1, 0.15) is 15.9 Å². The first-order valence-corrected chi connectivity index (χ1v) is 6.86. The maximum absolute atomic E-state index is 11.9. The van der Waals surface area contributed by atoms with Crippen molar-refractivity contribution in [2.45, 2.75) is 0 Å². The van der Waals surface area contributed by atoms with Gasteiger partial charge in [0.15, 0.2) is 0 Å². The molecule has 1 amide bonds. The van der Waals surface area contributed by atoms with Crippen molar-refractivity contribution in [2.24, 2.45) is 5.10 Å². The number of nitrogens with zero attached hydrogens (tertiary/aromatic N) is 1. The summed E-state index contributed by atoms with van der Waals surface area (Å²) in [5.41, 5.74) is 3.24. The average molecular weight is 349 g/mol. The number of hydrazone groups is 1. The second-order valence-electron chi connectivity index (χ2n) is 4.10. The Bertz CT molecular complexity index is 686. The third kappa shape index (κ3) is 3.82. The summed E-state index contributed by atoms with van der Waals surface area (Å²) in [6.07, 6.45) is 1.48. The average Bonchev–Trinajstić information content (AvgIpc) is 2.50. The molecule has 0 saturated carbocycles. The van der Waals surface area contributed by atoms with Gasteiger partial charge in [-0.15, -0.1) is 0 Å². The standard InChI is InChI=1S/C15H13BrN2O3/c1-21-14-5-3-2-4-10(14)9-17-18-15(20)12-8-11(16)6-7-13(12)19/h2-9,19H,1H3,(H,18,20)/b17-9-. The van der Waals surface area contributed by atoms with Gasteiger partial charge in [-0.25, -0.2) is 5.43 Å². The molecule has 0 aliphatic heterocycles. The van der Waals surface area contributed by atoms with Gasteiger partial charge in [0.05, 0.1) is 18.9 Å². The summed E-state index contributed by atoms with van der Waals surface area (Å²) in [6.45, 7) is 0. The predicted molar refractivity (Wildman–Crippen MR) is 83.9 cm³/mol. The van der Waals surface area contributed by atoms with E-state index in [0.717, 1.165) is 5.56 Å². The number of para-hydroxylation sites is 1. The zero-order chi connectivity index (χ0) is 15.2. The van der Waals surface area contributed by atoms with Crippen molar-refractivity contribution in [3.8, 4) is 11.5 Å². The van der Waals surface area contributed by atoms with Crippen molar-refractivity contribution in [1.29, 1.82) is 0 Å². The van der Waals surface area contributed by atoms with Crippen LogP contribution in [-0.4, -0.2) is 24.3 Å². The predicted octanol–water partition coefficient (Wildman–Crippen LogP) is 2.93. The molecule has 0 unspecified atom stereocenters. The van der Waals surface area contributed by atoms with Crippen molar-refractivity contribution >= 4 is 28.1 Å².